The Kier molecular flexibility index (Phi) is 5.24. The van der Waals surface area contributed by atoms with E-state index in [1.807, 2.05) is 26.0 Å². The molecule has 1 aromatic carbocycles. The summed E-state index contributed by atoms with van der Waals surface area (Å²) in [5, 5.41) is 0. The van der Waals surface area contributed by atoms with E-state index in [4.69, 9.17) is 4.74 Å². The maximum absolute atomic E-state index is 12.3. The van der Waals surface area contributed by atoms with Crippen molar-refractivity contribution >= 4 is 11.7 Å². The average molecular weight is 263 g/mol. The highest BCUT2D eigenvalue weighted by Crippen LogP contribution is 2.13. The molecule has 19 heavy (non-hydrogen) atoms. The normalized spacial score (nSPS) is 12.1. The van der Waals surface area contributed by atoms with Crippen molar-refractivity contribution in [2.45, 2.75) is 26.8 Å². The monoisotopic (exact) mass is 263 g/mol. The molecular weight excluding hydrogens is 242 g/mol. The van der Waals surface area contributed by atoms with Gasteiger partial charge in [0.2, 0.25) is 5.91 Å². The lowest BCUT2D eigenvalue weighted by atomic mass is 10.00. The van der Waals surface area contributed by atoms with Crippen LogP contribution in [0.1, 0.15) is 28.4 Å². The molecule has 0 saturated carbocycles. The van der Waals surface area contributed by atoms with E-state index in [0.717, 1.165) is 11.1 Å². The molecule has 1 unspecified atom stereocenters. The van der Waals surface area contributed by atoms with Gasteiger partial charge in [0.05, 0.1) is 6.04 Å². The summed E-state index contributed by atoms with van der Waals surface area (Å²) in [5.74, 6) is -0.262. The minimum absolute atomic E-state index is 0.0129. The Labute approximate surface area is 114 Å². The second-order valence-electron chi connectivity index (χ2n) is 4.78. The van der Waals surface area contributed by atoms with Crippen molar-refractivity contribution in [3.05, 3.63) is 34.9 Å². The van der Waals surface area contributed by atoms with Crippen molar-refractivity contribution < 1.29 is 14.3 Å². The minimum Gasteiger partial charge on any atom is -0.375 e. The number of aryl methyl sites for hydroxylation is 2. The fourth-order valence-electron chi connectivity index (χ4n) is 1.75. The topological polar surface area (TPSA) is 46.6 Å². The van der Waals surface area contributed by atoms with E-state index in [1.165, 1.54) is 12.0 Å². The van der Waals surface area contributed by atoms with Crippen LogP contribution in [0.5, 0.6) is 0 Å². The second kappa shape index (κ2) is 6.48. The summed E-state index contributed by atoms with van der Waals surface area (Å²) in [7, 11) is 3.08. The van der Waals surface area contributed by atoms with Crippen LogP contribution in [0.2, 0.25) is 0 Å². The lowest BCUT2D eigenvalue weighted by Gasteiger charge is -2.23. The molecule has 0 N–H and O–H groups in total. The molecule has 1 rings (SSSR count). The zero-order chi connectivity index (χ0) is 14.6. The predicted molar refractivity (Wildman–Crippen MR) is 74.4 cm³/mol. The maximum atomic E-state index is 12.3. The molecular formula is C15H21NO3. The lowest BCUT2D eigenvalue weighted by Crippen LogP contribution is -2.42. The van der Waals surface area contributed by atoms with E-state index in [1.54, 1.807) is 20.0 Å². The number of likely N-dealkylation sites (N-methyl/N-ethyl adjacent to an activating group) is 1. The van der Waals surface area contributed by atoms with Gasteiger partial charge in [-0.25, -0.2) is 0 Å². The Morgan fingerprint density at radius 1 is 1.26 bits per heavy atom. The molecule has 0 aromatic heterocycles. The summed E-state index contributed by atoms with van der Waals surface area (Å²) >= 11 is 0. The van der Waals surface area contributed by atoms with Crippen LogP contribution in [0.25, 0.3) is 0 Å². The minimum atomic E-state index is -0.496. The van der Waals surface area contributed by atoms with E-state index in [2.05, 4.69) is 0 Å². The number of amides is 1. The molecule has 0 saturated heterocycles. The standard InChI is InChI=1S/C15H21NO3/c1-10-6-7-13(8-11(10)2)15(18)12(3)16(4)14(17)9-19-5/h6-8,12H,9H2,1-5H3. The van der Waals surface area contributed by atoms with Crippen LogP contribution >= 0.6 is 0 Å². The van der Waals surface area contributed by atoms with Gasteiger partial charge >= 0.3 is 0 Å². The van der Waals surface area contributed by atoms with Gasteiger partial charge in [0, 0.05) is 19.7 Å². The fraction of sp³-hybridized carbons (Fsp3) is 0.467. The van der Waals surface area contributed by atoms with Crippen molar-refractivity contribution in [2.24, 2.45) is 0 Å². The van der Waals surface area contributed by atoms with Crippen LogP contribution in [0.4, 0.5) is 0 Å². The summed E-state index contributed by atoms with van der Waals surface area (Å²) in [6.07, 6.45) is 0. The highest BCUT2D eigenvalue weighted by Gasteiger charge is 2.23. The SMILES string of the molecule is COCC(=O)N(C)C(C)C(=O)c1ccc(C)c(C)c1. The summed E-state index contributed by atoms with van der Waals surface area (Å²) in [6.45, 7) is 5.68. The third-order valence-electron chi connectivity index (χ3n) is 3.41. The van der Waals surface area contributed by atoms with Gasteiger partial charge in [-0.2, -0.15) is 0 Å². The predicted octanol–water partition coefficient (Wildman–Crippen LogP) is 1.98. The lowest BCUT2D eigenvalue weighted by molar-refractivity contribution is -0.134. The molecule has 0 radical (unpaired) electrons. The Balaban J connectivity index is 2.87. The molecule has 4 heteroatoms. The number of hydrogen-bond donors (Lipinski definition) is 0. The van der Waals surface area contributed by atoms with Gasteiger partial charge in [0.15, 0.2) is 5.78 Å². The van der Waals surface area contributed by atoms with Gasteiger partial charge < -0.3 is 9.64 Å². The number of methoxy groups -OCH3 is 1. The molecule has 104 valence electrons. The molecule has 0 aliphatic heterocycles. The van der Waals surface area contributed by atoms with Gasteiger partial charge in [-0.3, -0.25) is 9.59 Å². The van der Waals surface area contributed by atoms with Crippen molar-refractivity contribution in [3.8, 4) is 0 Å². The average Bonchev–Trinajstić information content (AvgIpc) is 2.39. The van der Waals surface area contributed by atoms with E-state index >= 15 is 0 Å². The second-order valence-corrected chi connectivity index (χ2v) is 4.78. The third-order valence-corrected chi connectivity index (χ3v) is 3.41. The number of benzene rings is 1. The number of Topliss-reactive ketones (excluding diaryl/α,β-unsaturated/α-hetero) is 1. The Bertz CT molecular complexity index is 482. The highest BCUT2D eigenvalue weighted by atomic mass is 16.5. The number of carbonyl (C=O) groups excluding carboxylic acids is 2. The Hall–Kier alpha value is -1.68. The summed E-state index contributed by atoms with van der Waals surface area (Å²) < 4.78 is 4.79. The number of nitrogens with zero attached hydrogens (tertiary/aromatic N) is 1. The van der Waals surface area contributed by atoms with Gasteiger partial charge in [-0.05, 0) is 38.0 Å². The van der Waals surface area contributed by atoms with Crippen LogP contribution in [0, 0.1) is 13.8 Å². The third kappa shape index (κ3) is 3.64. The van der Waals surface area contributed by atoms with Crippen molar-refractivity contribution in [2.75, 3.05) is 20.8 Å². The molecule has 0 spiro atoms. The molecule has 1 atom stereocenters. The number of carbonyl (C=O) groups is 2. The highest BCUT2D eigenvalue weighted by molar-refractivity contribution is 6.01. The van der Waals surface area contributed by atoms with Crippen LogP contribution in [-0.2, 0) is 9.53 Å². The first-order chi connectivity index (χ1) is 8.88. The number of rotatable bonds is 5. The van der Waals surface area contributed by atoms with Gasteiger partial charge in [0.25, 0.3) is 0 Å². The van der Waals surface area contributed by atoms with Gasteiger partial charge in [-0.15, -0.1) is 0 Å². The zero-order valence-electron chi connectivity index (χ0n) is 12.2. The molecule has 0 heterocycles. The largest absolute Gasteiger partial charge is 0.375 e. The molecule has 1 amide bonds. The Morgan fingerprint density at radius 2 is 1.89 bits per heavy atom. The van der Waals surface area contributed by atoms with Crippen molar-refractivity contribution in [1.29, 1.82) is 0 Å². The van der Waals surface area contributed by atoms with E-state index in [0.29, 0.717) is 5.56 Å². The summed E-state index contributed by atoms with van der Waals surface area (Å²) in [5.41, 5.74) is 2.85. The van der Waals surface area contributed by atoms with E-state index in [9.17, 15) is 9.59 Å². The molecule has 4 nitrogen and oxygen atoms in total. The van der Waals surface area contributed by atoms with Crippen molar-refractivity contribution in [1.82, 2.24) is 4.90 Å². The molecule has 0 bridgehead atoms. The molecule has 1 aromatic rings. The number of ether oxygens (including phenoxy) is 1. The maximum Gasteiger partial charge on any atom is 0.248 e. The summed E-state index contributed by atoms with van der Waals surface area (Å²) in [4.78, 5) is 25.4. The Morgan fingerprint density at radius 3 is 2.42 bits per heavy atom. The fourth-order valence-corrected chi connectivity index (χ4v) is 1.75. The van der Waals surface area contributed by atoms with Crippen LogP contribution < -0.4 is 0 Å². The van der Waals surface area contributed by atoms with Crippen LogP contribution in [0.15, 0.2) is 18.2 Å². The van der Waals surface area contributed by atoms with Gasteiger partial charge in [-0.1, -0.05) is 12.1 Å². The van der Waals surface area contributed by atoms with Crippen LogP contribution in [0.3, 0.4) is 0 Å². The number of hydrogen-bond acceptors (Lipinski definition) is 3. The van der Waals surface area contributed by atoms with E-state index in [-0.39, 0.29) is 18.3 Å². The zero-order valence-corrected chi connectivity index (χ0v) is 12.2. The summed E-state index contributed by atoms with van der Waals surface area (Å²) in [6, 6.07) is 5.09. The first-order valence-corrected chi connectivity index (χ1v) is 6.24. The molecule has 0 fully saturated rings. The first-order valence-electron chi connectivity index (χ1n) is 6.24. The quantitative estimate of drug-likeness (QED) is 0.763. The van der Waals surface area contributed by atoms with Gasteiger partial charge in [0.1, 0.15) is 6.61 Å². The molecule has 0 aliphatic carbocycles. The van der Waals surface area contributed by atoms with E-state index < -0.39 is 6.04 Å². The smallest absolute Gasteiger partial charge is 0.248 e. The van der Waals surface area contributed by atoms with Crippen LogP contribution in [-0.4, -0.2) is 43.4 Å². The number of ketones is 1. The molecule has 0 aliphatic rings. The van der Waals surface area contributed by atoms with Crippen molar-refractivity contribution in [3.63, 3.8) is 0 Å². The first kappa shape index (κ1) is 15.4.